The van der Waals surface area contributed by atoms with Crippen molar-refractivity contribution in [3.63, 3.8) is 0 Å². The van der Waals surface area contributed by atoms with E-state index in [1.54, 1.807) is 0 Å². The predicted molar refractivity (Wildman–Crippen MR) is 143 cm³/mol. The van der Waals surface area contributed by atoms with Gasteiger partial charge in [0.1, 0.15) is 0 Å². The number of carbonyl (C=O) groups excluding carboxylic acids is 1. The SMILES string of the molecule is [2H]c1nc([2H])c(-c2ccnc(Nc3cc(C(=O)Nc4cc(C)cc(-n5ccc(C)c5)c4)ccc3C([2H])([2H])[2H])n2)c([2H])c1[2H]. The van der Waals surface area contributed by atoms with Crippen LogP contribution in [0.15, 0.2) is 91.6 Å². The smallest absolute Gasteiger partial charge is 0.255 e. The summed E-state index contributed by atoms with van der Waals surface area (Å²) in [4.78, 5) is 25.5. The Hall–Kier alpha value is -4.78. The highest BCUT2D eigenvalue weighted by atomic mass is 16.1. The van der Waals surface area contributed by atoms with Crippen molar-refractivity contribution in [1.82, 2.24) is 19.5 Å². The molecule has 0 aliphatic heterocycles. The van der Waals surface area contributed by atoms with Crippen molar-refractivity contribution < 1.29 is 14.4 Å². The first kappa shape index (κ1) is 16.0. The molecule has 2 aromatic carbocycles. The lowest BCUT2D eigenvalue weighted by Gasteiger charge is -2.13. The number of pyridine rings is 1. The monoisotopic (exact) mass is 481 g/mol. The minimum atomic E-state index is -2.54. The Morgan fingerprint density at radius 1 is 1.08 bits per heavy atom. The Labute approximate surface area is 219 Å². The fourth-order valence-corrected chi connectivity index (χ4v) is 3.67. The Bertz CT molecular complexity index is 1870. The molecular formula is C29H26N6O. The molecular weight excluding hydrogens is 448 g/mol. The number of nitrogens with zero attached hydrogens (tertiary/aromatic N) is 4. The number of anilines is 3. The second-order valence-corrected chi connectivity index (χ2v) is 8.22. The van der Waals surface area contributed by atoms with Crippen molar-refractivity contribution in [2.45, 2.75) is 20.7 Å². The number of amides is 1. The van der Waals surface area contributed by atoms with Gasteiger partial charge in [-0.15, -0.1) is 0 Å². The van der Waals surface area contributed by atoms with E-state index in [-0.39, 0.29) is 40.1 Å². The number of aryl methyl sites for hydroxylation is 3. The first-order valence-electron chi connectivity index (χ1n) is 14.6. The van der Waals surface area contributed by atoms with Crippen LogP contribution in [0.5, 0.6) is 0 Å². The summed E-state index contributed by atoms with van der Waals surface area (Å²) in [5, 5.41) is 5.75. The van der Waals surface area contributed by atoms with Gasteiger partial charge in [-0.2, -0.15) is 0 Å². The molecule has 0 aliphatic carbocycles. The summed E-state index contributed by atoms with van der Waals surface area (Å²) in [6.07, 6.45) is 4.36. The molecule has 5 rings (SSSR count). The van der Waals surface area contributed by atoms with Crippen LogP contribution >= 0.6 is 0 Å². The molecule has 3 aromatic heterocycles. The first-order chi connectivity index (χ1) is 20.3. The molecule has 0 spiro atoms. The van der Waals surface area contributed by atoms with Gasteiger partial charge >= 0.3 is 0 Å². The summed E-state index contributed by atoms with van der Waals surface area (Å²) in [7, 11) is 0. The molecule has 3 heterocycles. The summed E-state index contributed by atoms with van der Waals surface area (Å²) < 4.78 is 57.8. The predicted octanol–water partition coefficient (Wildman–Crippen LogP) is 6.25. The van der Waals surface area contributed by atoms with E-state index in [0.717, 1.165) is 16.8 Å². The quantitative estimate of drug-likeness (QED) is 0.299. The van der Waals surface area contributed by atoms with Crippen LogP contribution in [0, 0.1) is 20.7 Å². The van der Waals surface area contributed by atoms with Crippen molar-refractivity contribution in [2.24, 2.45) is 0 Å². The molecule has 0 bridgehead atoms. The van der Waals surface area contributed by atoms with E-state index in [1.165, 1.54) is 30.5 Å². The van der Waals surface area contributed by atoms with E-state index in [0.29, 0.717) is 5.69 Å². The van der Waals surface area contributed by atoms with Crippen LogP contribution < -0.4 is 10.6 Å². The topological polar surface area (TPSA) is 84.7 Å². The summed E-state index contributed by atoms with van der Waals surface area (Å²) in [6.45, 7) is 1.38. The molecule has 0 saturated carbocycles. The Morgan fingerprint density at radius 3 is 2.83 bits per heavy atom. The van der Waals surface area contributed by atoms with Gasteiger partial charge in [0, 0.05) is 63.2 Å². The highest BCUT2D eigenvalue weighted by molar-refractivity contribution is 6.05. The lowest BCUT2D eigenvalue weighted by atomic mass is 10.1. The van der Waals surface area contributed by atoms with Gasteiger partial charge in [0.2, 0.25) is 5.95 Å². The number of rotatable bonds is 6. The number of carbonyl (C=O) groups is 1. The summed E-state index contributed by atoms with van der Waals surface area (Å²) in [5.41, 5.74) is 3.67. The Balaban J connectivity index is 1.47. The fraction of sp³-hybridized carbons (Fsp3) is 0.103. The molecule has 36 heavy (non-hydrogen) atoms. The maximum Gasteiger partial charge on any atom is 0.255 e. The lowest BCUT2D eigenvalue weighted by molar-refractivity contribution is 0.102. The van der Waals surface area contributed by atoms with Gasteiger partial charge in [-0.3, -0.25) is 9.78 Å². The largest absolute Gasteiger partial charge is 0.324 e. The molecule has 0 atom stereocenters. The minimum Gasteiger partial charge on any atom is -0.324 e. The maximum atomic E-state index is 13.3. The molecule has 178 valence electrons. The third kappa shape index (κ3) is 5.15. The first-order valence-corrected chi connectivity index (χ1v) is 11.1. The van der Waals surface area contributed by atoms with Crippen LogP contribution in [0.4, 0.5) is 17.3 Å². The van der Waals surface area contributed by atoms with Crippen LogP contribution in [-0.2, 0) is 0 Å². The number of hydrogen-bond acceptors (Lipinski definition) is 5. The summed E-state index contributed by atoms with van der Waals surface area (Å²) in [5.74, 6) is -0.525. The molecule has 7 heteroatoms. The number of hydrogen-bond donors (Lipinski definition) is 2. The third-order valence-corrected chi connectivity index (χ3v) is 5.37. The molecule has 0 saturated heterocycles. The molecule has 1 amide bonds. The van der Waals surface area contributed by atoms with E-state index in [4.69, 9.17) is 9.60 Å². The van der Waals surface area contributed by atoms with Crippen LogP contribution in [0.25, 0.3) is 16.9 Å². The highest BCUT2D eigenvalue weighted by Gasteiger charge is 2.12. The molecule has 5 aromatic rings. The van der Waals surface area contributed by atoms with E-state index < -0.39 is 31.1 Å². The third-order valence-electron chi connectivity index (χ3n) is 5.37. The minimum absolute atomic E-state index is 0.0637. The Kier molecular flexibility index (Phi) is 4.37. The van der Waals surface area contributed by atoms with Crippen LogP contribution in [-0.4, -0.2) is 25.4 Å². The zero-order valence-corrected chi connectivity index (χ0v) is 19.5. The van der Waals surface area contributed by atoms with Crippen molar-refractivity contribution in [3.05, 3.63) is 114 Å². The van der Waals surface area contributed by atoms with Crippen LogP contribution in [0.2, 0.25) is 0 Å². The van der Waals surface area contributed by atoms with E-state index in [2.05, 4.69) is 25.6 Å². The van der Waals surface area contributed by atoms with Gasteiger partial charge in [0.25, 0.3) is 5.91 Å². The average Bonchev–Trinajstić information content (AvgIpc) is 3.37. The van der Waals surface area contributed by atoms with Crippen molar-refractivity contribution >= 4 is 23.2 Å². The molecule has 7 nitrogen and oxygen atoms in total. The lowest BCUT2D eigenvalue weighted by Crippen LogP contribution is -2.13. The van der Waals surface area contributed by atoms with Crippen molar-refractivity contribution in [1.29, 1.82) is 0 Å². The summed E-state index contributed by atoms with van der Waals surface area (Å²) >= 11 is 0. The summed E-state index contributed by atoms with van der Waals surface area (Å²) in [6, 6.07) is 12.4. The highest BCUT2D eigenvalue weighted by Crippen LogP contribution is 2.24. The number of benzene rings is 2. The van der Waals surface area contributed by atoms with Crippen molar-refractivity contribution in [3.8, 4) is 16.9 Å². The zero-order valence-electron chi connectivity index (χ0n) is 26.5. The van der Waals surface area contributed by atoms with Gasteiger partial charge in [0.15, 0.2) is 0 Å². The van der Waals surface area contributed by atoms with Gasteiger partial charge < -0.3 is 15.2 Å². The second-order valence-electron chi connectivity index (χ2n) is 8.22. The van der Waals surface area contributed by atoms with E-state index in [9.17, 15) is 4.79 Å². The van der Waals surface area contributed by atoms with Gasteiger partial charge in [-0.1, -0.05) is 6.07 Å². The molecule has 0 aliphatic rings. The zero-order chi connectivity index (χ0) is 31.1. The normalized spacial score (nSPS) is 13.9. The molecule has 0 radical (unpaired) electrons. The molecule has 2 N–H and O–H groups in total. The van der Waals surface area contributed by atoms with Gasteiger partial charge in [-0.05, 0) is 91.9 Å². The number of nitrogens with one attached hydrogen (secondary N) is 2. The van der Waals surface area contributed by atoms with Gasteiger partial charge in [0.05, 0.1) is 11.2 Å². The number of aromatic nitrogens is 4. The fourth-order valence-electron chi connectivity index (χ4n) is 3.67. The molecule has 0 fully saturated rings. The Morgan fingerprint density at radius 2 is 2.00 bits per heavy atom. The van der Waals surface area contributed by atoms with E-state index in [1.807, 2.05) is 55.1 Å². The second kappa shape index (κ2) is 9.84. The average molecular weight is 482 g/mol. The maximum absolute atomic E-state index is 13.3. The van der Waals surface area contributed by atoms with Crippen LogP contribution in [0.1, 0.15) is 36.6 Å². The molecule has 0 unspecified atom stereocenters. The van der Waals surface area contributed by atoms with Crippen molar-refractivity contribution in [2.75, 3.05) is 10.6 Å². The van der Waals surface area contributed by atoms with Gasteiger partial charge in [-0.25, -0.2) is 9.97 Å². The van der Waals surface area contributed by atoms with E-state index >= 15 is 0 Å². The van der Waals surface area contributed by atoms with Crippen LogP contribution in [0.3, 0.4) is 0 Å². The standard InChI is InChI=1S/C29H26N6O/c1-19-9-12-35(18-19)25-14-20(2)13-24(16-25)32-28(36)22-7-6-21(3)27(15-22)34-29-31-11-8-26(33-29)23-5-4-10-30-17-23/h4-18H,1-3H3,(H,32,36)(H,31,33,34)/i3D3,4D,5D,10D,17D.